The third kappa shape index (κ3) is 7.25. The van der Waals surface area contributed by atoms with Crippen LogP contribution in [0, 0.1) is 5.92 Å². The van der Waals surface area contributed by atoms with Gasteiger partial charge in [-0.05, 0) is 6.42 Å². The average molecular weight is 394 g/mol. The molecular formula is C23H39NO4. The maximum Gasteiger partial charge on any atom is 0.229 e. The molecule has 0 heterocycles. The first-order valence-electron chi connectivity index (χ1n) is 10.6. The van der Waals surface area contributed by atoms with E-state index in [9.17, 15) is 4.79 Å². The van der Waals surface area contributed by atoms with Crippen molar-refractivity contribution >= 4 is 11.6 Å². The van der Waals surface area contributed by atoms with Crippen molar-refractivity contribution < 1.29 is 19.0 Å². The third-order valence-electron chi connectivity index (χ3n) is 5.27. The van der Waals surface area contributed by atoms with Crippen LogP contribution >= 0.6 is 0 Å². The first-order valence-corrected chi connectivity index (χ1v) is 10.6. The van der Waals surface area contributed by atoms with Gasteiger partial charge in [-0.3, -0.25) is 4.79 Å². The van der Waals surface area contributed by atoms with Crippen molar-refractivity contribution in [3.05, 3.63) is 12.1 Å². The van der Waals surface area contributed by atoms with Gasteiger partial charge in [0, 0.05) is 25.1 Å². The minimum Gasteiger partial charge on any atom is -0.496 e. The van der Waals surface area contributed by atoms with Crippen molar-refractivity contribution in [3.8, 4) is 17.2 Å². The predicted molar refractivity (Wildman–Crippen MR) is 116 cm³/mol. The van der Waals surface area contributed by atoms with E-state index in [1.165, 1.54) is 44.9 Å². The summed E-state index contributed by atoms with van der Waals surface area (Å²) in [6.45, 7) is 4.25. The van der Waals surface area contributed by atoms with E-state index in [0.717, 1.165) is 12.8 Å². The lowest BCUT2D eigenvalue weighted by molar-refractivity contribution is -0.121. The molecule has 0 radical (unpaired) electrons. The van der Waals surface area contributed by atoms with Gasteiger partial charge >= 0.3 is 0 Å². The van der Waals surface area contributed by atoms with Crippen LogP contribution in [0.2, 0.25) is 0 Å². The van der Waals surface area contributed by atoms with Crippen LogP contribution in [0.5, 0.6) is 17.2 Å². The van der Waals surface area contributed by atoms with E-state index in [0.29, 0.717) is 22.9 Å². The molecule has 0 saturated carbocycles. The quantitative estimate of drug-likeness (QED) is 0.372. The topological polar surface area (TPSA) is 48.0 Å². The first-order chi connectivity index (χ1) is 13.5. The lowest BCUT2D eigenvalue weighted by Crippen LogP contribution is -2.32. The molecule has 0 spiro atoms. The van der Waals surface area contributed by atoms with E-state index in [1.54, 1.807) is 45.4 Å². The van der Waals surface area contributed by atoms with Crippen LogP contribution in [0.1, 0.15) is 71.6 Å². The Morgan fingerprint density at radius 3 is 1.86 bits per heavy atom. The molecule has 0 bridgehead atoms. The maximum absolute atomic E-state index is 13.0. The lowest BCUT2D eigenvalue weighted by Gasteiger charge is -2.25. The molecular weight excluding hydrogens is 354 g/mol. The Morgan fingerprint density at radius 2 is 1.39 bits per heavy atom. The van der Waals surface area contributed by atoms with Gasteiger partial charge in [0.25, 0.3) is 0 Å². The molecule has 1 unspecified atom stereocenters. The summed E-state index contributed by atoms with van der Waals surface area (Å²) in [7, 11) is 6.54. The number of methoxy groups -OCH3 is 3. The molecule has 1 atom stereocenters. The van der Waals surface area contributed by atoms with Crippen molar-refractivity contribution in [2.45, 2.75) is 71.6 Å². The fourth-order valence-electron chi connectivity index (χ4n) is 3.47. The molecule has 160 valence electrons. The normalized spacial score (nSPS) is 11.8. The fraction of sp³-hybridized carbons (Fsp3) is 0.696. The molecule has 1 aromatic carbocycles. The van der Waals surface area contributed by atoms with Crippen molar-refractivity contribution in [2.75, 3.05) is 33.3 Å². The number of anilines is 1. The number of hydrogen-bond acceptors (Lipinski definition) is 4. The van der Waals surface area contributed by atoms with Crippen molar-refractivity contribution in [3.63, 3.8) is 0 Å². The minimum absolute atomic E-state index is 0.0402. The average Bonchev–Trinajstić information content (AvgIpc) is 2.73. The smallest absolute Gasteiger partial charge is 0.229 e. The van der Waals surface area contributed by atoms with Crippen LogP contribution in [0.25, 0.3) is 0 Å². The highest BCUT2D eigenvalue weighted by atomic mass is 16.5. The van der Waals surface area contributed by atoms with Crippen molar-refractivity contribution in [2.24, 2.45) is 5.92 Å². The summed E-state index contributed by atoms with van der Waals surface area (Å²) < 4.78 is 16.2. The zero-order valence-corrected chi connectivity index (χ0v) is 18.7. The van der Waals surface area contributed by atoms with E-state index in [1.807, 2.05) is 6.92 Å². The second-order valence-corrected chi connectivity index (χ2v) is 7.44. The second-order valence-electron chi connectivity index (χ2n) is 7.44. The highest BCUT2D eigenvalue weighted by molar-refractivity contribution is 5.97. The first kappa shape index (κ1) is 24.1. The summed E-state index contributed by atoms with van der Waals surface area (Å²) in [5.74, 6) is 1.79. The molecule has 0 aliphatic rings. The minimum atomic E-state index is -0.0402. The molecule has 1 rings (SSSR count). The number of amides is 1. The highest BCUT2D eigenvalue weighted by Crippen LogP contribution is 2.41. The Bertz CT molecular complexity index is 563. The molecule has 1 amide bonds. The molecule has 28 heavy (non-hydrogen) atoms. The maximum atomic E-state index is 13.0. The number of carbonyl (C=O) groups is 1. The standard InChI is InChI=1S/C23H39NO4/c1-7-8-9-10-11-12-13-14-15-18(2)23(25)24(3)22-20(27-5)16-19(26-4)17-21(22)28-6/h16-18H,7-15H2,1-6H3. The monoisotopic (exact) mass is 393 g/mol. The van der Waals surface area contributed by atoms with Crippen LogP contribution in [0.15, 0.2) is 12.1 Å². The van der Waals surface area contributed by atoms with Crippen LogP contribution < -0.4 is 19.1 Å². The van der Waals surface area contributed by atoms with E-state index in [4.69, 9.17) is 14.2 Å². The number of rotatable bonds is 14. The van der Waals surface area contributed by atoms with Gasteiger partial charge in [-0.2, -0.15) is 0 Å². The molecule has 1 aromatic rings. The lowest BCUT2D eigenvalue weighted by atomic mass is 10.00. The summed E-state index contributed by atoms with van der Waals surface area (Å²) in [6, 6.07) is 3.54. The van der Waals surface area contributed by atoms with Crippen LogP contribution in [-0.4, -0.2) is 34.3 Å². The Balaban J connectivity index is 2.61. The SMILES string of the molecule is CCCCCCCCCCC(C)C(=O)N(C)c1c(OC)cc(OC)cc1OC. The van der Waals surface area contributed by atoms with Gasteiger partial charge in [-0.1, -0.05) is 65.2 Å². The Labute approximate surface area is 171 Å². The van der Waals surface area contributed by atoms with Crippen molar-refractivity contribution in [1.82, 2.24) is 0 Å². The molecule has 0 N–H and O–H groups in total. The van der Waals surface area contributed by atoms with E-state index >= 15 is 0 Å². The van der Waals surface area contributed by atoms with Gasteiger partial charge in [0.1, 0.15) is 22.9 Å². The number of benzene rings is 1. The zero-order valence-electron chi connectivity index (χ0n) is 18.7. The van der Waals surface area contributed by atoms with Crippen LogP contribution in [0.3, 0.4) is 0 Å². The molecule has 0 saturated heterocycles. The van der Waals surface area contributed by atoms with E-state index < -0.39 is 0 Å². The van der Waals surface area contributed by atoms with Gasteiger partial charge in [-0.25, -0.2) is 0 Å². The zero-order chi connectivity index (χ0) is 20.9. The van der Waals surface area contributed by atoms with E-state index in [2.05, 4.69) is 6.92 Å². The number of ether oxygens (including phenoxy) is 3. The molecule has 0 aliphatic heterocycles. The number of carbonyl (C=O) groups excluding carboxylic acids is 1. The Morgan fingerprint density at radius 1 is 0.893 bits per heavy atom. The molecule has 0 aromatic heterocycles. The van der Waals surface area contributed by atoms with Crippen molar-refractivity contribution in [1.29, 1.82) is 0 Å². The van der Waals surface area contributed by atoms with Crippen LogP contribution in [0.4, 0.5) is 5.69 Å². The van der Waals surface area contributed by atoms with Gasteiger partial charge in [0.15, 0.2) is 0 Å². The number of nitrogens with zero attached hydrogens (tertiary/aromatic N) is 1. The molecule has 5 nitrogen and oxygen atoms in total. The summed E-state index contributed by atoms with van der Waals surface area (Å²) in [6.07, 6.45) is 11.1. The second kappa shape index (κ2) is 13.3. The Hall–Kier alpha value is -1.91. The Kier molecular flexibility index (Phi) is 11.5. The predicted octanol–water partition coefficient (Wildman–Crippen LogP) is 5.84. The van der Waals surface area contributed by atoms with Gasteiger partial charge < -0.3 is 19.1 Å². The summed E-state index contributed by atoms with van der Waals surface area (Å²) in [5.41, 5.74) is 0.638. The largest absolute Gasteiger partial charge is 0.496 e. The van der Waals surface area contributed by atoms with E-state index in [-0.39, 0.29) is 11.8 Å². The molecule has 0 aliphatic carbocycles. The van der Waals surface area contributed by atoms with Gasteiger partial charge in [-0.15, -0.1) is 0 Å². The highest BCUT2D eigenvalue weighted by Gasteiger charge is 2.25. The van der Waals surface area contributed by atoms with Gasteiger partial charge in [0.05, 0.1) is 21.3 Å². The third-order valence-corrected chi connectivity index (χ3v) is 5.27. The molecule has 0 fully saturated rings. The van der Waals surface area contributed by atoms with Gasteiger partial charge in [0.2, 0.25) is 5.91 Å². The fourth-order valence-corrected chi connectivity index (χ4v) is 3.47. The number of unbranched alkanes of at least 4 members (excludes halogenated alkanes) is 7. The summed E-state index contributed by atoms with van der Waals surface area (Å²) in [5, 5.41) is 0. The number of hydrogen-bond donors (Lipinski definition) is 0. The van der Waals surface area contributed by atoms with Crippen LogP contribution in [-0.2, 0) is 4.79 Å². The summed E-state index contributed by atoms with van der Waals surface area (Å²) >= 11 is 0. The summed E-state index contributed by atoms with van der Waals surface area (Å²) in [4.78, 5) is 14.6. The molecule has 5 heteroatoms.